The minimum Gasteiger partial charge on any atom is -0.384 e. The summed E-state index contributed by atoms with van der Waals surface area (Å²) in [5, 5.41) is 3.70. The van der Waals surface area contributed by atoms with Gasteiger partial charge in [0, 0.05) is 25.5 Å². The van der Waals surface area contributed by atoms with Gasteiger partial charge >= 0.3 is 6.18 Å². The molecule has 1 aliphatic rings. The maximum absolute atomic E-state index is 12.7. The van der Waals surface area contributed by atoms with Crippen molar-refractivity contribution in [2.24, 2.45) is 0 Å². The number of piperidine rings is 1. The number of nitrogen functional groups attached to an aromatic ring is 1. The van der Waals surface area contributed by atoms with Crippen molar-refractivity contribution < 1.29 is 13.2 Å². The van der Waals surface area contributed by atoms with Gasteiger partial charge in [0.05, 0.1) is 6.04 Å². The van der Waals surface area contributed by atoms with Gasteiger partial charge in [-0.1, -0.05) is 0 Å². The summed E-state index contributed by atoms with van der Waals surface area (Å²) < 4.78 is 39.4. The third-order valence-electron chi connectivity index (χ3n) is 4.01. The Labute approximate surface area is 131 Å². The number of halogens is 3. The second-order valence-electron chi connectivity index (χ2n) is 5.80. The molecule has 2 aromatic rings. The topological polar surface area (TPSA) is 60.0 Å². The van der Waals surface area contributed by atoms with E-state index in [9.17, 15) is 13.2 Å². The highest BCUT2D eigenvalue weighted by Crippen LogP contribution is 2.29. The van der Waals surface area contributed by atoms with E-state index in [2.05, 4.69) is 15.0 Å². The fraction of sp³-hybridized carbons (Fsp3) is 0.467. The van der Waals surface area contributed by atoms with E-state index in [1.165, 1.54) is 10.9 Å². The molecule has 0 aliphatic carbocycles. The normalized spacial score (nSPS) is 19.9. The van der Waals surface area contributed by atoms with Crippen molar-refractivity contribution in [2.45, 2.75) is 31.6 Å². The molecular formula is C15H18F3N5. The minimum atomic E-state index is -4.39. The first-order chi connectivity index (χ1) is 10.9. The molecule has 124 valence electrons. The predicted molar refractivity (Wildman–Crippen MR) is 79.4 cm³/mol. The molecule has 3 rings (SSSR count). The van der Waals surface area contributed by atoms with Crippen LogP contribution in [-0.2, 0) is 12.7 Å². The Morgan fingerprint density at radius 3 is 2.83 bits per heavy atom. The van der Waals surface area contributed by atoms with Crippen LogP contribution < -0.4 is 5.73 Å². The SMILES string of the molecule is Nc1cc(CN2CCC[C@@H](n3ccc(C(F)(F)F)n3)C2)ccn1. The third kappa shape index (κ3) is 3.82. The third-order valence-corrected chi connectivity index (χ3v) is 4.01. The summed E-state index contributed by atoms with van der Waals surface area (Å²) in [4.78, 5) is 6.17. The molecule has 3 heterocycles. The zero-order valence-corrected chi connectivity index (χ0v) is 12.5. The largest absolute Gasteiger partial charge is 0.435 e. The molecule has 8 heteroatoms. The Bertz CT molecular complexity index is 667. The molecule has 2 N–H and O–H groups in total. The van der Waals surface area contributed by atoms with Crippen LogP contribution in [0.4, 0.5) is 19.0 Å². The fourth-order valence-electron chi connectivity index (χ4n) is 2.93. The van der Waals surface area contributed by atoms with E-state index < -0.39 is 11.9 Å². The van der Waals surface area contributed by atoms with Crippen molar-refractivity contribution >= 4 is 5.82 Å². The van der Waals surface area contributed by atoms with Gasteiger partial charge in [0.15, 0.2) is 5.69 Å². The van der Waals surface area contributed by atoms with E-state index in [-0.39, 0.29) is 6.04 Å². The molecular weight excluding hydrogens is 307 g/mol. The molecule has 5 nitrogen and oxygen atoms in total. The van der Waals surface area contributed by atoms with Crippen molar-refractivity contribution in [1.29, 1.82) is 0 Å². The Hall–Kier alpha value is -2.09. The van der Waals surface area contributed by atoms with E-state index in [0.717, 1.165) is 31.0 Å². The second-order valence-corrected chi connectivity index (χ2v) is 5.80. The lowest BCUT2D eigenvalue weighted by molar-refractivity contribution is -0.141. The van der Waals surface area contributed by atoms with Crippen molar-refractivity contribution in [3.8, 4) is 0 Å². The van der Waals surface area contributed by atoms with Gasteiger partial charge < -0.3 is 5.73 Å². The maximum Gasteiger partial charge on any atom is 0.435 e. The van der Waals surface area contributed by atoms with E-state index in [1.807, 2.05) is 12.1 Å². The van der Waals surface area contributed by atoms with Crippen LogP contribution in [0.15, 0.2) is 30.6 Å². The van der Waals surface area contributed by atoms with Crippen LogP contribution in [0.2, 0.25) is 0 Å². The molecule has 1 fully saturated rings. The number of rotatable bonds is 3. The summed E-state index contributed by atoms with van der Waals surface area (Å²) in [6.45, 7) is 2.28. The van der Waals surface area contributed by atoms with Crippen LogP contribution in [0, 0.1) is 0 Å². The zero-order valence-electron chi connectivity index (χ0n) is 12.5. The molecule has 0 unspecified atom stereocenters. The summed E-state index contributed by atoms with van der Waals surface area (Å²) in [5.74, 6) is 0.470. The quantitative estimate of drug-likeness (QED) is 0.942. The molecule has 0 amide bonds. The molecule has 2 aromatic heterocycles. The number of nitrogens with zero attached hydrogens (tertiary/aromatic N) is 4. The molecule has 0 radical (unpaired) electrons. The molecule has 0 aromatic carbocycles. The van der Waals surface area contributed by atoms with E-state index >= 15 is 0 Å². The van der Waals surface area contributed by atoms with Gasteiger partial charge in [-0.05, 0) is 43.1 Å². The molecule has 0 spiro atoms. The van der Waals surface area contributed by atoms with Gasteiger partial charge in [-0.2, -0.15) is 18.3 Å². The molecule has 0 saturated carbocycles. The average Bonchev–Trinajstić information content (AvgIpc) is 2.97. The first-order valence-electron chi connectivity index (χ1n) is 7.47. The first-order valence-corrected chi connectivity index (χ1v) is 7.47. The number of hydrogen-bond donors (Lipinski definition) is 1. The van der Waals surface area contributed by atoms with Gasteiger partial charge in [0.2, 0.25) is 0 Å². The maximum atomic E-state index is 12.7. The Balaban J connectivity index is 1.67. The number of alkyl halides is 3. The Morgan fingerprint density at radius 2 is 2.13 bits per heavy atom. The van der Waals surface area contributed by atoms with Crippen LogP contribution in [-0.4, -0.2) is 32.8 Å². The van der Waals surface area contributed by atoms with Gasteiger partial charge in [-0.15, -0.1) is 0 Å². The van der Waals surface area contributed by atoms with Gasteiger partial charge in [0.25, 0.3) is 0 Å². The van der Waals surface area contributed by atoms with Crippen LogP contribution >= 0.6 is 0 Å². The van der Waals surface area contributed by atoms with Gasteiger partial charge in [-0.25, -0.2) is 4.98 Å². The fourth-order valence-corrected chi connectivity index (χ4v) is 2.93. The molecule has 1 aliphatic heterocycles. The standard InChI is InChI=1S/C15H18F3N5/c16-15(17,18)13-4-7-23(21-13)12-2-1-6-22(10-12)9-11-3-5-20-14(19)8-11/h3-5,7-8,12H,1-2,6,9-10H2,(H2,19,20)/t12-/m1/s1. The molecule has 0 bridgehead atoms. The number of aromatic nitrogens is 3. The van der Waals surface area contributed by atoms with Crippen molar-refractivity contribution in [2.75, 3.05) is 18.8 Å². The number of hydrogen-bond acceptors (Lipinski definition) is 4. The van der Waals surface area contributed by atoms with Gasteiger partial charge in [0.1, 0.15) is 5.82 Å². The number of nitrogens with two attached hydrogens (primary N) is 1. The summed E-state index contributed by atoms with van der Waals surface area (Å²) in [7, 11) is 0. The highest BCUT2D eigenvalue weighted by molar-refractivity contribution is 5.31. The highest BCUT2D eigenvalue weighted by Gasteiger charge is 2.34. The van der Waals surface area contributed by atoms with E-state index in [4.69, 9.17) is 5.73 Å². The van der Waals surface area contributed by atoms with Crippen LogP contribution in [0.1, 0.15) is 30.1 Å². The van der Waals surface area contributed by atoms with Gasteiger partial charge in [-0.3, -0.25) is 9.58 Å². The minimum absolute atomic E-state index is 0.0426. The molecule has 23 heavy (non-hydrogen) atoms. The summed E-state index contributed by atoms with van der Waals surface area (Å²) in [5.41, 5.74) is 5.89. The zero-order chi connectivity index (χ0) is 16.4. The number of anilines is 1. The average molecular weight is 325 g/mol. The van der Waals surface area contributed by atoms with Crippen LogP contribution in [0.25, 0.3) is 0 Å². The molecule has 1 atom stereocenters. The summed E-state index contributed by atoms with van der Waals surface area (Å²) in [6.07, 6.45) is 0.436. The van der Waals surface area contributed by atoms with Crippen molar-refractivity contribution in [3.05, 3.63) is 41.9 Å². The van der Waals surface area contributed by atoms with Crippen LogP contribution in [0.3, 0.4) is 0 Å². The lowest BCUT2D eigenvalue weighted by Gasteiger charge is -2.32. The van der Waals surface area contributed by atoms with Crippen molar-refractivity contribution in [3.63, 3.8) is 0 Å². The lowest BCUT2D eigenvalue weighted by atomic mass is 10.1. The van der Waals surface area contributed by atoms with Crippen LogP contribution in [0.5, 0.6) is 0 Å². The first kappa shape index (κ1) is 15.8. The highest BCUT2D eigenvalue weighted by atomic mass is 19.4. The van der Waals surface area contributed by atoms with E-state index in [0.29, 0.717) is 18.9 Å². The Kier molecular flexibility index (Phi) is 4.25. The number of likely N-dealkylation sites (tertiary alicyclic amines) is 1. The summed E-state index contributed by atoms with van der Waals surface area (Å²) in [6, 6.07) is 4.70. The second kappa shape index (κ2) is 6.19. The smallest absolute Gasteiger partial charge is 0.384 e. The lowest BCUT2D eigenvalue weighted by Crippen LogP contribution is -2.36. The molecule has 1 saturated heterocycles. The predicted octanol–water partition coefficient (Wildman–Crippen LogP) is 2.72. The Morgan fingerprint density at radius 1 is 1.30 bits per heavy atom. The van der Waals surface area contributed by atoms with Crippen molar-refractivity contribution in [1.82, 2.24) is 19.7 Å². The monoisotopic (exact) mass is 325 g/mol. The summed E-state index contributed by atoms with van der Waals surface area (Å²) >= 11 is 0. The number of pyridine rings is 1. The van der Waals surface area contributed by atoms with E-state index in [1.54, 1.807) is 6.20 Å².